The van der Waals surface area contributed by atoms with Crippen LogP contribution >= 0.6 is 24.0 Å². The second-order valence-electron chi connectivity index (χ2n) is 9.16. The predicted octanol–water partition coefficient (Wildman–Crippen LogP) is 4.41. The Morgan fingerprint density at radius 1 is 1.22 bits per heavy atom. The molecule has 0 spiro atoms. The van der Waals surface area contributed by atoms with E-state index in [4.69, 9.17) is 9.73 Å². The van der Waals surface area contributed by atoms with Gasteiger partial charge in [-0.3, -0.25) is 4.99 Å². The minimum absolute atomic E-state index is 0. The largest absolute Gasteiger partial charge is 0.487 e. The maximum absolute atomic E-state index is 6.17. The van der Waals surface area contributed by atoms with E-state index >= 15 is 0 Å². The number of rotatable bonds is 6. The molecule has 2 aromatic rings. The van der Waals surface area contributed by atoms with Gasteiger partial charge in [-0.2, -0.15) is 0 Å². The fourth-order valence-corrected chi connectivity index (χ4v) is 4.57. The van der Waals surface area contributed by atoms with Crippen molar-refractivity contribution in [2.24, 2.45) is 4.99 Å². The molecule has 0 radical (unpaired) electrons. The number of aliphatic imine (C=N–C) groups is 1. The lowest BCUT2D eigenvalue weighted by atomic mass is 9.90. The Balaban J connectivity index is 0.00000289. The van der Waals surface area contributed by atoms with E-state index in [2.05, 4.69) is 64.4 Å². The zero-order chi connectivity index (χ0) is 21.7. The molecule has 32 heavy (non-hydrogen) atoms. The number of ether oxygens (including phenoxy) is 1. The van der Waals surface area contributed by atoms with Crippen LogP contribution in [0.5, 0.6) is 5.75 Å². The summed E-state index contributed by atoms with van der Waals surface area (Å²) in [6.07, 6.45) is 7.58. The van der Waals surface area contributed by atoms with Gasteiger partial charge in [0.15, 0.2) is 5.96 Å². The molecule has 1 aromatic carbocycles. The highest BCUT2D eigenvalue weighted by Gasteiger charge is 2.33. The van der Waals surface area contributed by atoms with E-state index in [1.807, 2.05) is 6.07 Å². The van der Waals surface area contributed by atoms with Crippen molar-refractivity contribution < 1.29 is 4.74 Å². The second kappa shape index (κ2) is 11.3. The summed E-state index contributed by atoms with van der Waals surface area (Å²) in [5, 5.41) is 15.9. The van der Waals surface area contributed by atoms with Crippen LogP contribution in [-0.2, 0) is 19.4 Å². The molecule has 176 valence electrons. The van der Waals surface area contributed by atoms with Crippen molar-refractivity contribution in [3.63, 3.8) is 0 Å². The van der Waals surface area contributed by atoms with Gasteiger partial charge in [0.25, 0.3) is 0 Å². The maximum Gasteiger partial charge on any atom is 0.191 e. The summed E-state index contributed by atoms with van der Waals surface area (Å²) in [5.74, 6) is 4.09. The lowest BCUT2D eigenvalue weighted by molar-refractivity contribution is 0.0694. The van der Waals surface area contributed by atoms with Crippen molar-refractivity contribution in [3.8, 4) is 5.75 Å². The molecule has 2 N–H and O–H groups in total. The lowest BCUT2D eigenvalue weighted by Crippen LogP contribution is -2.45. The van der Waals surface area contributed by atoms with Crippen molar-refractivity contribution in [2.45, 2.75) is 83.9 Å². The summed E-state index contributed by atoms with van der Waals surface area (Å²) < 4.78 is 8.50. The number of guanidine groups is 1. The summed E-state index contributed by atoms with van der Waals surface area (Å²) in [6.45, 7) is 9.03. The fourth-order valence-electron chi connectivity index (χ4n) is 4.57. The number of hydrogen-bond donors (Lipinski definition) is 2. The Morgan fingerprint density at radius 3 is 2.91 bits per heavy atom. The van der Waals surface area contributed by atoms with Crippen LogP contribution in [0, 0.1) is 0 Å². The van der Waals surface area contributed by atoms with Crippen LogP contribution in [-0.4, -0.2) is 39.4 Å². The SMILES string of the molecule is CCNC(=NCCCc1nnc2n1CCCCC2)NC1CC(C)(C)Oc2ccccc21.I. The highest BCUT2D eigenvalue weighted by Crippen LogP contribution is 2.39. The highest BCUT2D eigenvalue weighted by molar-refractivity contribution is 14.0. The number of nitrogens with zero attached hydrogens (tertiary/aromatic N) is 4. The molecule has 0 saturated carbocycles. The van der Waals surface area contributed by atoms with E-state index in [9.17, 15) is 0 Å². The van der Waals surface area contributed by atoms with Gasteiger partial charge in [-0.05, 0) is 46.1 Å². The molecule has 7 nitrogen and oxygen atoms in total. The van der Waals surface area contributed by atoms with Crippen LogP contribution in [0.1, 0.15) is 76.1 Å². The number of benzene rings is 1. The number of aromatic nitrogens is 3. The maximum atomic E-state index is 6.17. The molecule has 0 fully saturated rings. The molecule has 1 unspecified atom stereocenters. The van der Waals surface area contributed by atoms with Crippen molar-refractivity contribution in [1.29, 1.82) is 0 Å². The van der Waals surface area contributed by atoms with Gasteiger partial charge in [0, 0.05) is 44.5 Å². The van der Waals surface area contributed by atoms with Gasteiger partial charge in [-0.25, -0.2) is 0 Å². The van der Waals surface area contributed by atoms with Crippen molar-refractivity contribution in [1.82, 2.24) is 25.4 Å². The molecule has 3 heterocycles. The van der Waals surface area contributed by atoms with Crippen LogP contribution in [0.25, 0.3) is 0 Å². The van der Waals surface area contributed by atoms with Gasteiger partial charge in [0.05, 0.1) is 6.04 Å². The molecule has 0 aliphatic carbocycles. The Morgan fingerprint density at radius 2 is 2.06 bits per heavy atom. The van der Waals surface area contributed by atoms with E-state index in [0.29, 0.717) is 0 Å². The summed E-state index contributed by atoms with van der Waals surface area (Å²) in [4.78, 5) is 4.85. The average molecular weight is 553 g/mol. The van der Waals surface area contributed by atoms with Gasteiger partial charge in [-0.1, -0.05) is 24.6 Å². The average Bonchev–Trinajstić information content (AvgIpc) is 2.96. The van der Waals surface area contributed by atoms with Gasteiger partial charge in [0.1, 0.15) is 23.0 Å². The van der Waals surface area contributed by atoms with Crippen LogP contribution in [0.3, 0.4) is 0 Å². The molecule has 2 aliphatic rings. The molecule has 0 bridgehead atoms. The van der Waals surface area contributed by atoms with E-state index < -0.39 is 0 Å². The fraction of sp³-hybridized carbons (Fsp3) is 0.625. The molecular formula is C24H37IN6O. The molecular weight excluding hydrogens is 515 g/mol. The predicted molar refractivity (Wildman–Crippen MR) is 139 cm³/mol. The number of fused-ring (bicyclic) bond motifs is 2. The number of nitrogens with one attached hydrogen (secondary N) is 2. The zero-order valence-corrected chi connectivity index (χ0v) is 21.9. The molecule has 8 heteroatoms. The molecule has 0 amide bonds. The van der Waals surface area contributed by atoms with Gasteiger partial charge in [-0.15, -0.1) is 34.2 Å². The summed E-state index contributed by atoms with van der Waals surface area (Å²) in [5.41, 5.74) is 0.980. The van der Waals surface area contributed by atoms with Crippen LogP contribution in [0.15, 0.2) is 29.3 Å². The Bertz CT molecular complexity index is 910. The molecule has 2 aliphatic heterocycles. The summed E-state index contributed by atoms with van der Waals surface area (Å²) >= 11 is 0. The third-order valence-electron chi connectivity index (χ3n) is 6.05. The van der Waals surface area contributed by atoms with Crippen LogP contribution < -0.4 is 15.4 Å². The van der Waals surface area contributed by atoms with Crippen molar-refractivity contribution in [3.05, 3.63) is 41.5 Å². The lowest BCUT2D eigenvalue weighted by Gasteiger charge is -2.38. The van der Waals surface area contributed by atoms with E-state index in [1.165, 1.54) is 24.8 Å². The summed E-state index contributed by atoms with van der Waals surface area (Å²) in [6, 6.07) is 8.46. The van der Waals surface area contributed by atoms with Gasteiger partial charge >= 0.3 is 0 Å². The third kappa shape index (κ3) is 6.14. The van der Waals surface area contributed by atoms with E-state index in [-0.39, 0.29) is 35.6 Å². The number of halogens is 1. The summed E-state index contributed by atoms with van der Waals surface area (Å²) in [7, 11) is 0. The smallest absolute Gasteiger partial charge is 0.191 e. The van der Waals surface area contributed by atoms with Gasteiger partial charge in [0.2, 0.25) is 0 Å². The first-order valence-electron chi connectivity index (χ1n) is 11.8. The van der Waals surface area contributed by atoms with Crippen molar-refractivity contribution in [2.75, 3.05) is 13.1 Å². The normalized spacial score (nSPS) is 19.6. The minimum atomic E-state index is -0.213. The number of hydrogen-bond acceptors (Lipinski definition) is 4. The standard InChI is InChI=1S/C24H36N6O.HI/c1-4-25-23(27-19-17-24(2,3)31-20-12-8-7-11-18(19)20)26-15-10-14-22-29-28-21-13-6-5-9-16-30(21)22;/h7-8,11-12,19H,4-6,9-10,13-17H2,1-3H3,(H2,25,26,27);1H. The first-order chi connectivity index (χ1) is 15.1. The monoisotopic (exact) mass is 552 g/mol. The highest BCUT2D eigenvalue weighted by atomic mass is 127. The van der Waals surface area contributed by atoms with Crippen LogP contribution in [0.4, 0.5) is 0 Å². The first kappa shape index (κ1) is 24.8. The van der Waals surface area contributed by atoms with E-state index in [0.717, 1.165) is 68.7 Å². The van der Waals surface area contributed by atoms with Gasteiger partial charge < -0.3 is 19.9 Å². The molecule has 1 aromatic heterocycles. The molecule has 0 saturated heterocycles. The van der Waals surface area contributed by atoms with Crippen LogP contribution in [0.2, 0.25) is 0 Å². The molecule has 4 rings (SSSR count). The Labute approximate surface area is 208 Å². The number of para-hydroxylation sites is 1. The number of aryl methyl sites for hydroxylation is 2. The first-order valence-corrected chi connectivity index (χ1v) is 11.8. The Hall–Kier alpha value is -1.84. The second-order valence-corrected chi connectivity index (χ2v) is 9.16. The third-order valence-corrected chi connectivity index (χ3v) is 6.05. The minimum Gasteiger partial charge on any atom is -0.487 e. The van der Waals surface area contributed by atoms with E-state index in [1.54, 1.807) is 0 Å². The van der Waals surface area contributed by atoms with Crippen molar-refractivity contribution >= 4 is 29.9 Å². The zero-order valence-electron chi connectivity index (χ0n) is 19.6. The topological polar surface area (TPSA) is 76.4 Å². The molecule has 1 atom stereocenters. The Kier molecular flexibility index (Phi) is 8.79. The quantitative estimate of drug-likeness (QED) is 0.240.